The first kappa shape index (κ1) is 32.2. The van der Waals surface area contributed by atoms with E-state index in [2.05, 4.69) is 124 Å². The Kier molecular flexibility index (Phi) is 11.2. The molecule has 230 valence electrons. The summed E-state index contributed by atoms with van der Waals surface area (Å²) in [6, 6.07) is 17.7. The summed E-state index contributed by atoms with van der Waals surface area (Å²) in [6.07, 6.45) is 30.0. The summed E-state index contributed by atoms with van der Waals surface area (Å²) in [6.45, 7) is 11.2. The zero-order valence-corrected chi connectivity index (χ0v) is 27.8. The van der Waals surface area contributed by atoms with Crippen LogP contribution in [0.2, 0.25) is 0 Å². The van der Waals surface area contributed by atoms with Crippen LogP contribution in [0.3, 0.4) is 0 Å². The monoisotopic (exact) mass is 591 g/mol. The van der Waals surface area contributed by atoms with E-state index in [0.717, 1.165) is 68.2 Å². The van der Waals surface area contributed by atoms with Crippen LogP contribution in [0.25, 0.3) is 5.57 Å². The molecule has 0 bridgehead atoms. The molecule has 0 unspecified atom stereocenters. The minimum atomic E-state index is 0.911. The Balaban J connectivity index is 1.44. The lowest BCUT2D eigenvalue weighted by Crippen LogP contribution is -2.04. The second-order valence-electron chi connectivity index (χ2n) is 12.4. The molecule has 1 heteroatoms. The van der Waals surface area contributed by atoms with E-state index in [1.54, 1.807) is 11.1 Å². The van der Waals surface area contributed by atoms with E-state index >= 15 is 0 Å². The maximum atomic E-state index is 4.72. The molecule has 0 saturated carbocycles. The number of rotatable bonds is 11. The molecule has 1 nitrogen and oxygen atoms in total. The van der Waals surface area contributed by atoms with Crippen molar-refractivity contribution in [1.29, 1.82) is 0 Å². The minimum Gasteiger partial charge on any atom is -0.287 e. The van der Waals surface area contributed by atoms with Gasteiger partial charge in [-0.05, 0) is 127 Å². The normalized spacial score (nSPS) is 17.5. The quantitative estimate of drug-likeness (QED) is 0.182. The molecule has 0 aliphatic heterocycles. The van der Waals surface area contributed by atoms with Crippen LogP contribution in [-0.4, -0.2) is 12.8 Å². The van der Waals surface area contributed by atoms with E-state index in [1.165, 1.54) is 51.0 Å². The van der Waals surface area contributed by atoms with Crippen molar-refractivity contribution in [3.8, 4) is 0 Å². The summed E-state index contributed by atoms with van der Waals surface area (Å²) in [7, 11) is 1.88. The van der Waals surface area contributed by atoms with Crippen molar-refractivity contribution in [2.75, 3.05) is 7.05 Å². The van der Waals surface area contributed by atoms with Crippen molar-refractivity contribution in [3.05, 3.63) is 171 Å². The van der Waals surface area contributed by atoms with Gasteiger partial charge in [0.2, 0.25) is 0 Å². The second kappa shape index (κ2) is 15.7. The Morgan fingerprint density at radius 1 is 0.933 bits per heavy atom. The van der Waals surface area contributed by atoms with Gasteiger partial charge in [-0.2, -0.15) is 0 Å². The average molecular weight is 592 g/mol. The molecule has 45 heavy (non-hydrogen) atoms. The zero-order valence-electron chi connectivity index (χ0n) is 27.8. The fourth-order valence-electron chi connectivity index (χ4n) is 7.00. The van der Waals surface area contributed by atoms with E-state index in [9.17, 15) is 0 Å². The van der Waals surface area contributed by atoms with Gasteiger partial charge in [0.05, 0.1) is 5.71 Å². The molecule has 0 aromatic heterocycles. The largest absolute Gasteiger partial charge is 0.287 e. The van der Waals surface area contributed by atoms with Crippen molar-refractivity contribution in [2.45, 2.75) is 78.6 Å². The van der Waals surface area contributed by atoms with Crippen LogP contribution in [0.1, 0.15) is 88.0 Å². The van der Waals surface area contributed by atoms with Crippen molar-refractivity contribution in [2.24, 2.45) is 4.99 Å². The molecular formula is C44H49N. The first-order chi connectivity index (χ1) is 22.0. The van der Waals surface area contributed by atoms with Crippen LogP contribution in [0.15, 0.2) is 154 Å². The second-order valence-corrected chi connectivity index (χ2v) is 12.4. The van der Waals surface area contributed by atoms with E-state index in [-0.39, 0.29) is 0 Å². The predicted molar refractivity (Wildman–Crippen MR) is 197 cm³/mol. The summed E-state index contributed by atoms with van der Waals surface area (Å²) in [4.78, 5) is 4.72. The molecule has 3 aliphatic carbocycles. The van der Waals surface area contributed by atoms with E-state index in [0.29, 0.717) is 0 Å². The number of allylic oxidation sites excluding steroid dienone is 17. The third kappa shape index (κ3) is 7.71. The third-order valence-electron chi connectivity index (χ3n) is 9.52. The van der Waals surface area contributed by atoms with Gasteiger partial charge < -0.3 is 0 Å². The Labute approximate surface area is 272 Å². The van der Waals surface area contributed by atoms with Crippen molar-refractivity contribution < 1.29 is 0 Å². The standard InChI is InChI=1S/C44H49N/c1-6-18-36-22-14-16-27-42(36)32(3)33(4)43(41-30-38-23-11-12-24-39(38)31-41)28-15-13-19-34(7-2)44(45-5)40-26-17-25-37(29-40)35-20-9-8-10-21-35/h7,9,11-15,17,19-26,29H,2,6,8,10,16,18,27-28,30-31H2,1,3-5H3/b15-13-,33-32+,34-19+,45-44+. The highest BCUT2D eigenvalue weighted by Gasteiger charge is 2.21. The SMILES string of the molecule is C=CC(=C\C=C/CC(=C1Cc2ccccc2C1)/C(C)=C(\C)C1=C(CCC)C=CCC1)/C(=N\C)c1cccc(C2=CCCC=C2)c1. The zero-order chi connectivity index (χ0) is 31.6. The summed E-state index contributed by atoms with van der Waals surface area (Å²) in [5.74, 6) is 0. The van der Waals surface area contributed by atoms with E-state index in [4.69, 9.17) is 4.99 Å². The van der Waals surface area contributed by atoms with Crippen molar-refractivity contribution >= 4 is 11.3 Å². The number of aliphatic imine (C=N–C) groups is 1. The molecule has 2 aromatic rings. The van der Waals surface area contributed by atoms with Gasteiger partial charge >= 0.3 is 0 Å². The van der Waals surface area contributed by atoms with Gasteiger partial charge in [-0.25, -0.2) is 0 Å². The lowest BCUT2D eigenvalue weighted by molar-refractivity contribution is 0.859. The summed E-state index contributed by atoms with van der Waals surface area (Å²) >= 11 is 0. The van der Waals surface area contributed by atoms with Crippen LogP contribution in [0.4, 0.5) is 0 Å². The van der Waals surface area contributed by atoms with Gasteiger partial charge in [0.1, 0.15) is 0 Å². The summed E-state index contributed by atoms with van der Waals surface area (Å²) < 4.78 is 0. The molecule has 2 aromatic carbocycles. The van der Waals surface area contributed by atoms with Crippen LogP contribution >= 0.6 is 0 Å². The van der Waals surface area contributed by atoms with E-state index < -0.39 is 0 Å². The molecule has 0 fully saturated rings. The number of hydrogen-bond donors (Lipinski definition) is 0. The molecule has 0 saturated heterocycles. The first-order valence-corrected chi connectivity index (χ1v) is 16.8. The Morgan fingerprint density at radius 2 is 1.71 bits per heavy atom. The fourth-order valence-corrected chi connectivity index (χ4v) is 7.00. The molecule has 0 N–H and O–H groups in total. The highest BCUT2D eigenvalue weighted by atomic mass is 14.7. The third-order valence-corrected chi connectivity index (χ3v) is 9.52. The number of hydrogen-bond acceptors (Lipinski definition) is 1. The van der Waals surface area contributed by atoms with Crippen LogP contribution < -0.4 is 0 Å². The summed E-state index contributed by atoms with van der Waals surface area (Å²) in [5, 5.41) is 0. The molecule has 0 heterocycles. The highest BCUT2D eigenvalue weighted by Crippen LogP contribution is 2.37. The minimum absolute atomic E-state index is 0.911. The first-order valence-electron chi connectivity index (χ1n) is 16.8. The van der Waals surface area contributed by atoms with E-state index in [1.807, 2.05) is 13.1 Å². The van der Waals surface area contributed by atoms with Gasteiger partial charge in [0.25, 0.3) is 0 Å². The molecule has 0 amide bonds. The Bertz CT molecular complexity index is 1680. The smallest absolute Gasteiger partial charge is 0.0715 e. The molecule has 3 aliphatic rings. The average Bonchev–Trinajstić information content (AvgIpc) is 3.52. The van der Waals surface area contributed by atoms with Crippen molar-refractivity contribution in [3.63, 3.8) is 0 Å². The molecule has 5 rings (SSSR count). The Morgan fingerprint density at radius 3 is 2.40 bits per heavy atom. The predicted octanol–water partition coefficient (Wildman–Crippen LogP) is 11.8. The topological polar surface area (TPSA) is 12.4 Å². The fraction of sp³-hybridized carbons (Fsp3) is 0.295. The number of benzene rings is 2. The van der Waals surface area contributed by atoms with Crippen LogP contribution in [0, 0.1) is 0 Å². The highest BCUT2D eigenvalue weighted by molar-refractivity contribution is 6.14. The molecule has 0 atom stereocenters. The lowest BCUT2D eigenvalue weighted by Gasteiger charge is -2.21. The van der Waals surface area contributed by atoms with Crippen LogP contribution in [-0.2, 0) is 12.8 Å². The Hall–Kier alpha value is -4.23. The maximum Gasteiger partial charge on any atom is 0.0715 e. The molecular weight excluding hydrogens is 542 g/mol. The van der Waals surface area contributed by atoms with Gasteiger partial charge in [-0.15, -0.1) is 0 Å². The van der Waals surface area contributed by atoms with Crippen molar-refractivity contribution in [1.82, 2.24) is 0 Å². The number of fused-ring (bicyclic) bond motifs is 1. The van der Waals surface area contributed by atoms with Crippen LogP contribution in [0.5, 0.6) is 0 Å². The molecule has 0 spiro atoms. The molecule has 0 radical (unpaired) electrons. The van der Waals surface area contributed by atoms with Gasteiger partial charge in [-0.3, -0.25) is 4.99 Å². The lowest BCUT2D eigenvalue weighted by atomic mass is 9.84. The summed E-state index contributed by atoms with van der Waals surface area (Å²) in [5.41, 5.74) is 17.7. The maximum absolute atomic E-state index is 4.72. The number of nitrogens with zero attached hydrogens (tertiary/aromatic N) is 1. The van der Waals surface area contributed by atoms with Gasteiger partial charge in [0.15, 0.2) is 0 Å². The van der Waals surface area contributed by atoms with Gasteiger partial charge in [0, 0.05) is 12.6 Å². The van der Waals surface area contributed by atoms with Gasteiger partial charge in [-0.1, -0.05) is 123 Å².